The largest absolute Gasteiger partial charge is 0.344 e. The minimum Gasteiger partial charge on any atom is -0.344 e. The summed E-state index contributed by atoms with van der Waals surface area (Å²) in [6.45, 7) is 1.51. The predicted molar refractivity (Wildman–Crippen MR) is 40.7 cm³/mol. The summed E-state index contributed by atoms with van der Waals surface area (Å²) < 4.78 is 25.9. The predicted octanol–water partition coefficient (Wildman–Crippen LogP) is 2.15. The minimum atomic E-state index is -0.883. The molecular formula is C8H6F2N2. The summed E-state index contributed by atoms with van der Waals surface area (Å²) in [5.74, 6) is -1.71. The molecule has 12 heavy (non-hydrogen) atoms. The molecule has 2 aromatic rings. The minimum absolute atomic E-state index is 0.0538. The van der Waals surface area contributed by atoms with E-state index >= 15 is 0 Å². The lowest BCUT2D eigenvalue weighted by Crippen LogP contribution is -1.90. The number of halogens is 2. The lowest BCUT2D eigenvalue weighted by atomic mass is 10.2. The van der Waals surface area contributed by atoms with Crippen molar-refractivity contribution < 1.29 is 8.78 Å². The van der Waals surface area contributed by atoms with Crippen LogP contribution in [-0.2, 0) is 0 Å². The van der Waals surface area contributed by atoms with Gasteiger partial charge >= 0.3 is 0 Å². The Morgan fingerprint density at radius 2 is 2.08 bits per heavy atom. The molecule has 0 aliphatic carbocycles. The highest BCUT2D eigenvalue weighted by atomic mass is 19.2. The molecule has 1 aromatic heterocycles. The van der Waals surface area contributed by atoms with E-state index in [1.54, 1.807) is 0 Å². The lowest BCUT2D eigenvalue weighted by molar-refractivity contribution is 0.510. The molecule has 0 amide bonds. The zero-order valence-corrected chi connectivity index (χ0v) is 6.36. The van der Waals surface area contributed by atoms with Crippen LogP contribution < -0.4 is 0 Å². The average Bonchev–Trinajstić information content (AvgIpc) is 2.48. The third-order valence-electron chi connectivity index (χ3n) is 1.78. The van der Waals surface area contributed by atoms with Crippen molar-refractivity contribution in [1.82, 2.24) is 9.97 Å². The second kappa shape index (κ2) is 2.27. The monoisotopic (exact) mass is 168 g/mol. The molecule has 1 N–H and O–H groups in total. The van der Waals surface area contributed by atoms with Gasteiger partial charge in [-0.05, 0) is 18.6 Å². The number of aromatic amines is 1. The van der Waals surface area contributed by atoms with Gasteiger partial charge in [-0.25, -0.2) is 13.8 Å². The summed E-state index contributed by atoms with van der Waals surface area (Å²) in [5.41, 5.74) is 0.855. The topological polar surface area (TPSA) is 28.7 Å². The van der Waals surface area contributed by atoms with Crippen molar-refractivity contribution in [3.8, 4) is 0 Å². The standard InChI is InChI=1S/C8H6F2N2/c1-4-2-5-8(12-3-11-5)7(10)6(4)9/h2-3H,1H3,(H,11,12). The van der Waals surface area contributed by atoms with Crippen molar-refractivity contribution in [2.75, 3.05) is 0 Å². The molecule has 0 spiro atoms. The van der Waals surface area contributed by atoms with Gasteiger partial charge in [0.05, 0.1) is 11.8 Å². The van der Waals surface area contributed by atoms with E-state index in [-0.39, 0.29) is 11.1 Å². The molecule has 0 radical (unpaired) electrons. The molecule has 0 aliphatic rings. The molecule has 62 valence electrons. The molecule has 0 saturated carbocycles. The van der Waals surface area contributed by atoms with Gasteiger partial charge in [-0.1, -0.05) is 0 Å². The number of nitrogens with zero attached hydrogens (tertiary/aromatic N) is 1. The van der Waals surface area contributed by atoms with Gasteiger partial charge in [0.25, 0.3) is 0 Å². The second-order valence-corrected chi connectivity index (χ2v) is 2.62. The van der Waals surface area contributed by atoms with E-state index in [1.165, 1.54) is 19.3 Å². The summed E-state index contributed by atoms with van der Waals surface area (Å²) in [5, 5.41) is 0. The number of H-pyrrole nitrogens is 1. The van der Waals surface area contributed by atoms with Crippen LogP contribution in [0.1, 0.15) is 5.56 Å². The maximum atomic E-state index is 13.0. The first-order valence-corrected chi connectivity index (χ1v) is 3.48. The molecular weight excluding hydrogens is 162 g/mol. The first kappa shape index (κ1) is 7.21. The molecule has 2 nitrogen and oxygen atoms in total. The fraction of sp³-hybridized carbons (Fsp3) is 0.125. The molecule has 0 unspecified atom stereocenters. The Morgan fingerprint density at radius 1 is 1.33 bits per heavy atom. The number of hydrogen-bond acceptors (Lipinski definition) is 1. The molecule has 1 heterocycles. The average molecular weight is 168 g/mol. The Balaban J connectivity index is 2.94. The Morgan fingerprint density at radius 3 is 2.83 bits per heavy atom. The van der Waals surface area contributed by atoms with Gasteiger partial charge in [-0.15, -0.1) is 0 Å². The molecule has 0 atom stereocenters. The third kappa shape index (κ3) is 0.809. The van der Waals surface area contributed by atoms with Gasteiger partial charge < -0.3 is 4.98 Å². The van der Waals surface area contributed by atoms with E-state index in [9.17, 15) is 8.78 Å². The zero-order chi connectivity index (χ0) is 8.72. The molecule has 0 fully saturated rings. The van der Waals surface area contributed by atoms with Crippen LogP contribution >= 0.6 is 0 Å². The van der Waals surface area contributed by atoms with Gasteiger partial charge in [-0.3, -0.25) is 0 Å². The van der Waals surface area contributed by atoms with Crippen molar-refractivity contribution in [3.63, 3.8) is 0 Å². The highest BCUT2D eigenvalue weighted by Gasteiger charge is 2.11. The van der Waals surface area contributed by atoms with Crippen LogP contribution in [-0.4, -0.2) is 9.97 Å². The van der Waals surface area contributed by atoms with Gasteiger partial charge in [0.15, 0.2) is 11.6 Å². The smallest absolute Gasteiger partial charge is 0.186 e. The molecule has 0 bridgehead atoms. The number of aryl methyl sites for hydroxylation is 1. The maximum Gasteiger partial charge on any atom is 0.186 e. The summed E-state index contributed by atoms with van der Waals surface area (Å²) in [4.78, 5) is 6.36. The fourth-order valence-electron chi connectivity index (χ4n) is 1.15. The van der Waals surface area contributed by atoms with Crippen molar-refractivity contribution in [3.05, 3.63) is 29.6 Å². The van der Waals surface area contributed by atoms with Crippen molar-refractivity contribution in [2.24, 2.45) is 0 Å². The normalized spacial score (nSPS) is 10.9. The van der Waals surface area contributed by atoms with Crippen molar-refractivity contribution in [1.29, 1.82) is 0 Å². The Hall–Kier alpha value is -1.45. The van der Waals surface area contributed by atoms with E-state index in [0.717, 1.165) is 0 Å². The zero-order valence-electron chi connectivity index (χ0n) is 6.36. The summed E-state index contributed by atoms with van der Waals surface area (Å²) in [6.07, 6.45) is 1.34. The number of fused-ring (bicyclic) bond motifs is 1. The van der Waals surface area contributed by atoms with E-state index in [0.29, 0.717) is 5.52 Å². The second-order valence-electron chi connectivity index (χ2n) is 2.62. The van der Waals surface area contributed by atoms with E-state index in [2.05, 4.69) is 9.97 Å². The number of aromatic nitrogens is 2. The highest BCUT2D eigenvalue weighted by molar-refractivity contribution is 5.76. The molecule has 1 aromatic carbocycles. The first-order valence-electron chi connectivity index (χ1n) is 3.48. The van der Waals surface area contributed by atoms with Crippen LogP contribution in [0.3, 0.4) is 0 Å². The fourth-order valence-corrected chi connectivity index (χ4v) is 1.15. The molecule has 2 rings (SSSR count). The maximum absolute atomic E-state index is 13.0. The number of nitrogens with one attached hydrogen (secondary N) is 1. The number of hydrogen-bond donors (Lipinski definition) is 1. The summed E-state index contributed by atoms with van der Waals surface area (Å²) in [7, 11) is 0. The van der Waals surface area contributed by atoms with Crippen LogP contribution in [0.5, 0.6) is 0 Å². The number of benzene rings is 1. The van der Waals surface area contributed by atoms with Gasteiger partial charge in [-0.2, -0.15) is 0 Å². The van der Waals surface area contributed by atoms with Crippen LogP contribution in [0.4, 0.5) is 8.78 Å². The van der Waals surface area contributed by atoms with E-state index in [1.807, 2.05) is 0 Å². The number of imidazole rings is 1. The van der Waals surface area contributed by atoms with Crippen LogP contribution in [0, 0.1) is 18.6 Å². The van der Waals surface area contributed by atoms with Crippen molar-refractivity contribution >= 4 is 11.0 Å². The Bertz CT molecular complexity index is 434. The van der Waals surface area contributed by atoms with E-state index < -0.39 is 11.6 Å². The summed E-state index contributed by atoms with van der Waals surface area (Å²) in [6, 6.07) is 1.53. The Kier molecular flexibility index (Phi) is 1.36. The van der Waals surface area contributed by atoms with Gasteiger partial charge in [0, 0.05) is 0 Å². The van der Waals surface area contributed by atoms with Crippen LogP contribution in [0.2, 0.25) is 0 Å². The summed E-state index contributed by atoms with van der Waals surface area (Å²) >= 11 is 0. The SMILES string of the molecule is Cc1cc2[nH]cnc2c(F)c1F. The quantitative estimate of drug-likeness (QED) is 0.641. The Labute approximate surface area is 67.2 Å². The number of rotatable bonds is 0. The highest BCUT2D eigenvalue weighted by Crippen LogP contribution is 2.19. The van der Waals surface area contributed by atoms with E-state index in [4.69, 9.17) is 0 Å². The molecule has 0 aliphatic heterocycles. The first-order chi connectivity index (χ1) is 5.70. The van der Waals surface area contributed by atoms with Crippen LogP contribution in [0.15, 0.2) is 12.4 Å². The van der Waals surface area contributed by atoms with Gasteiger partial charge in [0.2, 0.25) is 0 Å². The third-order valence-corrected chi connectivity index (χ3v) is 1.78. The van der Waals surface area contributed by atoms with Crippen molar-refractivity contribution in [2.45, 2.75) is 6.92 Å². The van der Waals surface area contributed by atoms with Crippen LogP contribution in [0.25, 0.3) is 11.0 Å². The molecule has 0 saturated heterocycles. The molecule has 4 heteroatoms. The van der Waals surface area contributed by atoms with Gasteiger partial charge in [0.1, 0.15) is 5.52 Å². The lowest BCUT2D eigenvalue weighted by Gasteiger charge is -1.97.